The highest BCUT2D eigenvalue weighted by Crippen LogP contribution is 2.35. The van der Waals surface area contributed by atoms with E-state index in [4.69, 9.17) is 0 Å². The van der Waals surface area contributed by atoms with Gasteiger partial charge in [0.1, 0.15) is 5.69 Å². The number of hydrogen-bond acceptors (Lipinski definition) is 5. The smallest absolute Gasteiger partial charge is 0.116 e. The Morgan fingerprint density at radius 3 is 2.67 bits per heavy atom. The van der Waals surface area contributed by atoms with Crippen LogP contribution < -0.4 is 5.32 Å². The third kappa shape index (κ3) is 4.18. The number of nitrogens with one attached hydrogen (secondary N) is 3. The highest BCUT2D eigenvalue weighted by atomic mass is 32.1. The van der Waals surface area contributed by atoms with E-state index in [9.17, 15) is 0 Å². The summed E-state index contributed by atoms with van der Waals surface area (Å²) in [5.41, 5.74) is 10.1. The summed E-state index contributed by atoms with van der Waals surface area (Å²) in [4.78, 5) is 12.4. The number of rotatable bonds is 7. The van der Waals surface area contributed by atoms with E-state index < -0.39 is 0 Å². The van der Waals surface area contributed by atoms with Crippen molar-refractivity contribution in [2.45, 2.75) is 20.3 Å². The molecule has 7 heteroatoms. The van der Waals surface area contributed by atoms with Crippen LogP contribution in [0, 0.1) is 5.92 Å². The lowest BCUT2D eigenvalue weighted by molar-refractivity contribution is 0.645. The first-order valence-electron chi connectivity index (χ1n) is 11.9. The Morgan fingerprint density at radius 2 is 1.83 bits per heavy atom. The number of aromatic nitrogens is 5. The van der Waals surface area contributed by atoms with Gasteiger partial charge in [0, 0.05) is 40.0 Å². The number of thiophene rings is 1. The van der Waals surface area contributed by atoms with E-state index in [1.165, 1.54) is 5.56 Å². The molecule has 0 spiro atoms. The Labute approximate surface area is 213 Å². The van der Waals surface area contributed by atoms with E-state index in [0.29, 0.717) is 5.92 Å². The van der Waals surface area contributed by atoms with E-state index in [-0.39, 0.29) is 0 Å². The number of pyridine rings is 2. The molecule has 6 aromatic rings. The fourth-order valence-corrected chi connectivity index (χ4v) is 5.30. The fourth-order valence-electron chi connectivity index (χ4n) is 4.64. The maximum Gasteiger partial charge on any atom is 0.116 e. The molecule has 0 aliphatic rings. The molecular formula is C29H26N6S. The number of allylic oxidation sites excluding steroid dienone is 1. The number of H-pyrrole nitrogens is 2. The van der Waals surface area contributed by atoms with Crippen molar-refractivity contribution in [3.8, 4) is 33.6 Å². The minimum absolute atomic E-state index is 0.546. The molecule has 178 valence electrons. The van der Waals surface area contributed by atoms with Crippen LogP contribution in [0.3, 0.4) is 0 Å². The normalized spacial score (nSPS) is 11.5. The molecule has 0 saturated heterocycles. The van der Waals surface area contributed by atoms with Crippen LogP contribution in [-0.4, -0.2) is 25.1 Å². The summed E-state index contributed by atoms with van der Waals surface area (Å²) in [6, 6.07) is 12.7. The van der Waals surface area contributed by atoms with Crippen molar-refractivity contribution in [3.63, 3.8) is 0 Å². The first-order chi connectivity index (χ1) is 17.5. The Morgan fingerprint density at radius 1 is 0.944 bits per heavy atom. The van der Waals surface area contributed by atoms with Gasteiger partial charge in [-0.3, -0.25) is 15.1 Å². The molecular weight excluding hydrogens is 464 g/mol. The zero-order valence-corrected chi connectivity index (χ0v) is 21.0. The van der Waals surface area contributed by atoms with Crippen LogP contribution in [0.5, 0.6) is 0 Å². The van der Waals surface area contributed by atoms with E-state index in [1.54, 1.807) is 11.3 Å². The Bertz CT molecular complexity index is 1690. The zero-order valence-electron chi connectivity index (χ0n) is 20.2. The topological polar surface area (TPSA) is 82.3 Å². The number of benzene rings is 1. The van der Waals surface area contributed by atoms with Gasteiger partial charge in [-0.25, -0.2) is 0 Å². The lowest BCUT2D eigenvalue weighted by Crippen LogP contribution is -2.02. The van der Waals surface area contributed by atoms with Gasteiger partial charge in [0.15, 0.2) is 0 Å². The van der Waals surface area contributed by atoms with E-state index in [2.05, 4.69) is 98.1 Å². The van der Waals surface area contributed by atoms with Crippen molar-refractivity contribution >= 4 is 38.8 Å². The summed E-state index contributed by atoms with van der Waals surface area (Å²) in [6.45, 7) is 8.53. The maximum absolute atomic E-state index is 4.66. The van der Waals surface area contributed by atoms with Gasteiger partial charge >= 0.3 is 0 Å². The summed E-state index contributed by atoms with van der Waals surface area (Å²) in [7, 11) is 0. The van der Waals surface area contributed by atoms with Gasteiger partial charge in [0.2, 0.25) is 0 Å². The minimum Gasteiger partial charge on any atom is -0.358 e. The quantitative estimate of drug-likeness (QED) is 0.213. The summed E-state index contributed by atoms with van der Waals surface area (Å²) in [5.74, 6) is 0.546. The van der Waals surface area contributed by atoms with Crippen molar-refractivity contribution in [1.29, 1.82) is 0 Å². The monoisotopic (exact) mass is 490 g/mol. The van der Waals surface area contributed by atoms with E-state index >= 15 is 0 Å². The zero-order chi connectivity index (χ0) is 24.6. The molecule has 3 N–H and O–H groups in total. The van der Waals surface area contributed by atoms with Crippen LogP contribution in [0.25, 0.3) is 55.4 Å². The van der Waals surface area contributed by atoms with Gasteiger partial charge in [-0.1, -0.05) is 26.5 Å². The molecule has 0 aliphatic carbocycles. The van der Waals surface area contributed by atoms with Crippen molar-refractivity contribution in [1.82, 2.24) is 25.1 Å². The molecule has 0 bridgehead atoms. The summed E-state index contributed by atoms with van der Waals surface area (Å²) >= 11 is 1.69. The molecule has 5 heterocycles. The predicted molar refractivity (Wildman–Crippen MR) is 150 cm³/mol. The van der Waals surface area contributed by atoms with Crippen molar-refractivity contribution < 1.29 is 0 Å². The van der Waals surface area contributed by atoms with Crippen molar-refractivity contribution in [3.05, 3.63) is 84.2 Å². The highest BCUT2D eigenvalue weighted by Gasteiger charge is 2.15. The third-order valence-electron chi connectivity index (χ3n) is 6.24. The Kier molecular flexibility index (Phi) is 5.62. The van der Waals surface area contributed by atoms with Crippen LogP contribution in [0.15, 0.2) is 84.2 Å². The average molecular weight is 491 g/mol. The van der Waals surface area contributed by atoms with Crippen LogP contribution >= 0.6 is 11.3 Å². The Balaban J connectivity index is 1.38. The molecule has 0 radical (unpaired) electrons. The van der Waals surface area contributed by atoms with Gasteiger partial charge in [0.25, 0.3) is 0 Å². The average Bonchev–Trinajstić information content (AvgIpc) is 3.62. The van der Waals surface area contributed by atoms with Crippen LogP contribution in [-0.2, 0) is 0 Å². The Hall–Kier alpha value is -4.23. The number of anilines is 1. The summed E-state index contributed by atoms with van der Waals surface area (Å²) in [5, 5.41) is 17.7. The summed E-state index contributed by atoms with van der Waals surface area (Å²) < 4.78 is 0. The predicted octanol–water partition coefficient (Wildman–Crippen LogP) is 7.87. The van der Waals surface area contributed by atoms with Gasteiger partial charge in [-0.2, -0.15) is 16.4 Å². The number of fused-ring (bicyclic) bond motifs is 2. The molecule has 0 saturated carbocycles. The minimum atomic E-state index is 0.546. The molecule has 0 unspecified atom stereocenters. The highest BCUT2D eigenvalue weighted by molar-refractivity contribution is 7.08. The van der Waals surface area contributed by atoms with Gasteiger partial charge in [-0.05, 0) is 64.6 Å². The first kappa shape index (κ1) is 22.2. The largest absolute Gasteiger partial charge is 0.358 e. The molecule has 0 atom stereocenters. The lowest BCUT2D eigenvalue weighted by atomic mass is 10.0. The van der Waals surface area contributed by atoms with E-state index in [0.717, 1.165) is 67.7 Å². The number of aromatic amines is 2. The fraction of sp³-hybridized carbons (Fsp3) is 0.138. The molecule has 0 fully saturated rings. The summed E-state index contributed by atoms with van der Waals surface area (Å²) in [6.07, 6.45) is 8.43. The number of nitrogens with zero attached hydrogens (tertiary/aromatic N) is 3. The second kappa shape index (κ2) is 9.09. The maximum atomic E-state index is 4.66. The van der Waals surface area contributed by atoms with Crippen LogP contribution in [0.1, 0.15) is 20.3 Å². The molecule has 0 amide bonds. The molecule has 6 nitrogen and oxygen atoms in total. The SMILES string of the molecule is C=C(CC(C)C)Nc1cncc(-c2ccc3[nH]nc(-c4cc5c(-c6ccsc6)cncc5[nH]4)c3c2)c1. The van der Waals surface area contributed by atoms with Gasteiger partial charge < -0.3 is 10.3 Å². The standard InChI is InChI=1S/C29H26N6S/c1-17(2)8-18(3)32-22-9-21(12-30-13-22)19-4-5-26-24(10-19)29(35-34-26)27-11-23-25(20-6-7-36-16-20)14-31-15-28(23)33-27/h4-7,9-17,32-33H,3,8H2,1-2H3,(H,34,35). The van der Waals surface area contributed by atoms with Crippen LogP contribution in [0.4, 0.5) is 5.69 Å². The molecule has 1 aromatic carbocycles. The molecule has 36 heavy (non-hydrogen) atoms. The molecule has 5 aromatic heterocycles. The molecule has 6 rings (SSSR count). The number of hydrogen-bond donors (Lipinski definition) is 3. The second-order valence-corrected chi connectivity index (χ2v) is 10.2. The third-order valence-corrected chi connectivity index (χ3v) is 6.93. The van der Waals surface area contributed by atoms with Crippen molar-refractivity contribution in [2.75, 3.05) is 5.32 Å². The van der Waals surface area contributed by atoms with Gasteiger partial charge in [-0.15, -0.1) is 0 Å². The van der Waals surface area contributed by atoms with Crippen LogP contribution in [0.2, 0.25) is 0 Å². The first-order valence-corrected chi connectivity index (χ1v) is 12.9. The van der Waals surface area contributed by atoms with Crippen molar-refractivity contribution in [2.24, 2.45) is 5.92 Å². The van der Waals surface area contributed by atoms with E-state index in [1.807, 2.05) is 24.8 Å². The van der Waals surface area contributed by atoms with Gasteiger partial charge in [0.05, 0.1) is 34.8 Å². The second-order valence-electron chi connectivity index (χ2n) is 9.46. The lowest BCUT2D eigenvalue weighted by Gasteiger charge is -2.12. The molecule has 0 aliphatic heterocycles.